The van der Waals surface area contributed by atoms with E-state index in [1.807, 2.05) is 20.8 Å². The summed E-state index contributed by atoms with van der Waals surface area (Å²) >= 11 is 1.09. The van der Waals surface area contributed by atoms with E-state index in [9.17, 15) is 19.2 Å². The predicted octanol–water partition coefficient (Wildman–Crippen LogP) is 1.17. The normalized spacial score (nSPS) is 11.2. The molecule has 0 unspecified atom stereocenters. The van der Waals surface area contributed by atoms with Gasteiger partial charge in [0.2, 0.25) is 5.78 Å². The summed E-state index contributed by atoms with van der Waals surface area (Å²) in [5, 5.41) is 8.66. The Morgan fingerprint density at radius 3 is 2.59 bits per heavy atom. The van der Waals surface area contributed by atoms with Gasteiger partial charge in [0, 0.05) is 20.1 Å². The summed E-state index contributed by atoms with van der Waals surface area (Å²) < 4.78 is 14.2. The fraction of sp³-hybridized carbons (Fsp3) is 0.429. The molecule has 0 aliphatic heterocycles. The zero-order valence-electron chi connectivity index (χ0n) is 19.3. The molecule has 0 atom stereocenters. The average Bonchev–Trinajstić information content (AvgIpc) is 3.47. The number of nitrogen functional groups attached to an aromatic ring is 1. The summed E-state index contributed by atoms with van der Waals surface area (Å²) in [6.07, 6.45) is 1.53. The summed E-state index contributed by atoms with van der Waals surface area (Å²) in [5.41, 5.74) is 4.15. The average molecular weight is 491 g/mol. The number of hydrogen-bond acceptors (Lipinski definition) is 10. The lowest BCUT2D eigenvalue weighted by Crippen LogP contribution is -2.43. The summed E-state index contributed by atoms with van der Waals surface area (Å²) in [6.45, 7) is 5.74. The van der Waals surface area contributed by atoms with Crippen LogP contribution in [-0.2, 0) is 29.7 Å². The zero-order chi connectivity index (χ0) is 25.0. The van der Waals surface area contributed by atoms with Crippen LogP contribution in [0.2, 0.25) is 0 Å². The van der Waals surface area contributed by atoms with E-state index in [-0.39, 0.29) is 29.6 Å². The second-order valence-electron chi connectivity index (χ2n) is 7.81. The van der Waals surface area contributed by atoms with Crippen molar-refractivity contribution in [2.45, 2.75) is 39.0 Å². The molecular formula is C21H26N6O6S. The first-order valence-electron chi connectivity index (χ1n) is 10.5. The van der Waals surface area contributed by atoms with Gasteiger partial charge < -0.3 is 14.9 Å². The van der Waals surface area contributed by atoms with Gasteiger partial charge in [-0.2, -0.15) is 0 Å². The number of rotatable bonds is 10. The minimum atomic E-state index is -0.834. The Bertz CT molecular complexity index is 1300. The lowest BCUT2D eigenvalue weighted by molar-refractivity contribution is -0.139. The molecule has 0 saturated heterocycles. The molecule has 0 aliphatic rings. The van der Waals surface area contributed by atoms with Gasteiger partial charge in [0.15, 0.2) is 23.3 Å². The highest BCUT2D eigenvalue weighted by Crippen LogP contribution is 2.24. The van der Waals surface area contributed by atoms with Crippen LogP contribution in [0.3, 0.4) is 0 Å². The van der Waals surface area contributed by atoms with Crippen LogP contribution in [0, 0.1) is 5.92 Å². The molecule has 13 heteroatoms. The van der Waals surface area contributed by atoms with Crippen LogP contribution in [0.15, 0.2) is 37.6 Å². The topological polar surface area (TPSA) is 157 Å². The van der Waals surface area contributed by atoms with Crippen LogP contribution < -0.4 is 17.0 Å². The van der Waals surface area contributed by atoms with Crippen molar-refractivity contribution in [1.82, 2.24) is 23.9 Å². The highest BCUT2D eigenvalue weighted by molar-refractivity contribution is 7.99. The summed E-state index contributed by atoms with van der Waals surface area (Å²) in [5.74, 6) is -0.717. The molecule has 0 amide bonds. The fourth-order valence-electron chi connectivity index (χ4n) is 3.24. The van der Waals surface area contributed by atoms with Crippen molar-refractivity contribution in [3.63, 3.8) is 0 Å². The van der Waals surface area contributed by atoms with Crippen molar-refractivity contribution >= 4 is 29.3 Å². The molecule has 0 fully saturated rings. The van der Waals surface area contributed by atoms with Crippen molar-refractivity contribution in [3.05, 3.63) is 44.8 Å². The van der Waals surface area contributed by atoms with Crippen molar-refractivity contribution < 1.29 is 18.7 Å². The molecule has 3 rings (SSSR count). The maximum Gasteiger partial charge on any atom is 0.332 e. The quantitative estimate of drug-likeness (QED) is 0.248. The van der Waals surface area contributed by atoms with Crippen LogP contribution in [0.25, 0.3) is 11.6 Å². The van der Waals surface area contributed by atoms with E-state index in [1.54, 1.807) is 16.7 Å². The molecule has 0 radical (unpaired) electrons. The van der Waals surface area contributed by atoms with Crippen LogP contribution in [0.5, 0.6) is 0 Å². The maximum atomic E-state index is 12.7. The Kier molecular flexibility index (Phi) is 7.76. The Morgan fingerprint density at radius 1 is 1.24 bits per heavy atom. The van der Waals surface area contributed by atoms with Gasteiger partial charge in [-0.15, -0.1) is 10.2 Å². The number of thioether (sulfide) groups is 1. The number of carbonyl (C=O) groups excluding carboxylic acids is 2. The van der Waals surface area contributed by atoms with Gasteiger partial charge in [-0.05, 0) is 25.0 Å². The Balaban J connectivity index is 1.67. The predicted molar refractivity (Wildman–Crippen MR) is 125 cm³/mol. The number of nitrogens with two attached hydrogens (primary N) is 1. The third-order valence-corrected chi connectivity index (χ3v) is 5.81. The van der Waals surface area contributed by atoms with E-state index in [2.05, 4.69) is 10.2 Å². The van der Waals surface area contributed by atoms with E-state index in [1.165, 1.54) is 17.9 Å². The molecular weight excluding hydrogens is 464 g/mol. The Labute approximate surface area is 198 Å². The molecule has 2 N–H and O–H groups in total. The molecule has 12 nitrogen and oxygen atoms in total. The first-order chi connectivity index (χ1) is 16.1. The van der Waals surface area contributed by atoms with Crippen LogP contribution >= 0.6 is 11.8 Å². The standard InChI is InChI=1S/C21H26N6O6S/c1-5-26-18(14-7-6-8-32-14)23-24-20(26)34-11-15(29)33-10-13(28)16-17(22)27(9-12(2)3)21(31)25(4)19(16)30/h6-8,12H,5,9-11,22H2,1-4H3. The van der Waals surface area contributed by atoms with Crippen LogP contribution in [-0.4, -0.2) is 48.0 Å². The number of hydrogen-bond donors (Lipinski definition) is 1. The smallest absolute Gasteiger partial charge is 0.332 e. The minimum absolute atomic E-state index is 0.0498. The van der Waals surface area contributed by atoms with Crippen LogP contribution in [0.4, 0.5) is 5.82 Å². The van der Waals surface area contributed by atoms with Crippen molar-refractivity contribution in [2.75, 3.05) is 18.1 Å². The van der Waals surface area contributed by atoms with E-state index in [0.29, 0.717) is 23.3 Å². The molecule has 3 aromatic heterocycles. The number of Topliss-reactive ketones (excluding diaryl/α,β-unsaturated/α-hetero) is 1. The molecule has 182 valence electrons. The Hall–Kier alpha value is -3.61. The van der Waals surface area contributed by atoms with E-state index < -0.39 is 29.6 Å². The van der Waals surface area contributed by atoms with E-state index in [0.717, 1.165) is 16.3 Å². The van der Waals surface area contributed by atoms with Crippen molar-refractivity contribution in [3.8, 4) is 11.6 Å². The summed E-state index contributed by atoms with van der Waals surface area (Å²) in [6, 6.07) is 3.49. The van der Waals surface area contributed by atoms with E-state index >= 15 is 0 Å². The number of aromatic nitrogens is 5. The van der Waals surface area contributed by atoms with Gasteiger partial charge in [-0.3, -0.25) is 28.1 Å². The second kappa shape index (κ2) is 10.5. The third-order valence-electron chi connectivity index (χ3n) is 4.87. The largest absolute Gasteiger partial charge is 0.461 e. The SMILES string of the molecule is CCn1c(SCC(=O)OCC(=O)c2c(N)n(CC(C)C)c(=O)n(C)c2=O)nnc1-c1ccco1. The van der Waals surface area contributed by atoms with Gasteiger partial charge in [-0.25, -0.2) is 4.79 Å². The third kappa shape index (κ3) is 5.14. The zero-order valence-corrected chi connectivity index (χ0v) is 20.1. The number of nitrogens with zero attached hydrogens (tertiary/aromatic N) is 5. The van der Waals surface area contributed by atoms with Gasteiger partial charge in [0.25, 0.3) is 5.56 Å². The lowest BCUT2D eigenvalue weighted by atomic mass is 10.1. The summed E-state index contributed by atoms with van der Waals surface area (Å²) in [4.78, 5) is 49.8. The molecule has 3 aromatic rings. The second-order valence-corrected chi connectivity index (χ2v) is 8.75. The summed E-state index contributed by atoms with van der Waals surface area (Å²) in [7, 11) is 1.27. The highest BCUT2D eigenvalue weighted by Gasteiger charge is 2.23. The van der Waals surface area contributed by atoms with Gasteiger partial charge in [0.05, 0.1) is 12.0 Å². The number of ether oxygens (including phenoxy) is 1. The molecule has 0 spiro atoms. The van der Waals surface area contributed by atoms with Gasteiger partial charge in [-0.1, -0.05) is 25.6 Å². The monoisotopic (exact) mass is 490 g/mol. The number of carbonyl (C=O) groups is 2. The first-order valence-corrected chi connectivity index (χ1v) is 11.5. The van der Waals surface area contributed by atoms with E-state index in [4.69, 9.17) is 14.9 Å². The molecule has 0 bridgehead atoms. The Morgan fingerprint density at radius 2 is 1.97 bits per heavy atom. The lowest BCUT2D eigenvalue weighted by Gasteiger charge is -2.16. The van der Waals surface area contributed by atoms with Gasteiger partial charge in [0.1, 0.15) is 11.4 Å². The minimum Gasteiger partial charge on any atom is -0.461 e. The highest BCUT2D eigenvalue weighted by atomic mass is 32.2. The fourth-order valence-corrected chi connectivity index (χ4v) is 4.04. The number of esters is 1. The first kappa shape index (κ1) is 25.0. The number of ketones is 1. The van der Waals surface area contributed by atoms with Crippen molar-refractivity contribution in [2.24, 2.45) is 13.0 Å². The number of anilines is 1. The van der Waals surface area contributed by atoms with Crippen LogP contribution in [0.1, 0.15) is 31.1 Å². The molecule has 3 heterocycles. The molecule has 0 saturated carbocycles. The maximum absolute atomic E-state index is 12.7. The van der Waals surface area contributed by atoms with Gasteiger partial charge >= 0.3 is 11.7 Å². The van der Waals surface area contributed by atoms with Crippen molar-refractivity contribution in [1.29, 1.82) is 0 Å². The number of furan rings is 1. The molecule has 0 aromatic carbocycles. The molecule has 34 heavy (non-hydrogen) atoms. The molecule has 0 aliphatic carbocycles.